The molecule has 1 aliphatic heterocycles. The number of thiazole rings is 1. The molecule has 0 N–H and O–H groups in total. The third-order valence-corrected chi connectivity index (χ3v) is 8.52. The third kappa shape index (κ3) is 6.57. The number of ether oxygens (including phenoxy) is 3. The number of nitrogens with zero attached hydrogens (tertiary/aromatic N) is 4. The standard InChI is InChI=1S/C35H26N4O9S/c1-3-47-34(41)30-31(22-9-5-4-6-10-22)36-35-37(32(30)23-12-15-25(46-2)16-13-23)33(40)29(49-35)19-21-8-7-11-26(18-21)48-28-17-14-24(38(42)43)20-27(28)39(44)45/h4-20,32H,3H2,1-2H3/b29-19+/t32-/m0/s1. The summed E-state index contributed by atoms with van der Waals surface area (Å²) in [7, 11) is 1.54. The molecule has 2 heterocycles. The number of nitro groups is 2. The van der Waals surface area contributed by atoms with E-state index in [2.05, 4.69) is 0 Å². The molecule has 0 saturated carbocycles. The van der Waals surface area contributed by atoms with Crippen molar-refractivity contribution in [3.8, 4) is 17.2 Å². The van der Waals surface area contributed by atoms with Crippen LogP contribution in [0.15, 0.2) is 112 Å². The SMILES string of the molecule is CCOC(=O)C1=C(c2ccccc2)N=c2s/c(=C/c3cccc(Oc4ccc([N+](=O)[O-])cc4[N+](=O)[O-])c3)c(=O)n2[C@H]1c1ccc(OC)cc1. The third-order valence-electron chi connectivity index (χ3n) is 7.54. The van der Waals surface area contributed by atoms with Crippen molar-refractivity contribution in [3.05, 3.63) is 159 Å². The minimum atomic E-state index is -0.879. The molecule has 49 heavy (non-hydrogen) atoms. The molecule has 1 aliphatic rings. The van der Waals surface area contributed by atoms with Crippen LogP contribution in [0.25, 0.3) is 11.8 Å². The molecule has 0 amide bonds. The van der Waals surface area contributed by atoms with E-state index in [-0.39, 0.29) is 23.7 Å². The van der Waals surface area contributed by atoms with E-state index in [1.165, 1.54) is 4.57 Å². The van der Waals surface area contributed by atoms with E-state index in [1.54, 1.807) is 68.6 Å². The fraction of sp³-hybridized carbons (Fsp3) is 0.114. The summed E-state index contributed by atoms with van der Waals surface area (Å²) in [6, 6.07) is 25.0. The first kappa shape index (κ1) is 32.5. The van der Waals surface area contributed by atoms with Gasteiger partial charge >= 0.3 is 11.7 Å². The molecule has 13 nitrogen and oxygen atoms in total. The molecule has 0 radical (unpaired) electrons. The summed E-state index contributed by atoms with van der Waals surface area (Å²) in [6.07, 6.45) is 1.63. The van der Waals surface area contributed by atoms with Crippen LogP contribution in [0.1, 0.15) is 29.7 Å². The van der Waals surface area contributed by atoms with Crippen molar-refractivity contribution < 1.29 is 28.9 Å². The van der Waals surface area contributed by atoms with Gasteiger partial charge in [0.25, 0.3) is 11.2 Å². The van der Waals surface area contributed by atoms with Crippen LogP contribution in [0.4, 0.5) is 11.4 Å². The molecule has 246 valence electrons. The highest BCUT2D eigenvalue weighted by atomic mass is 32.1. The second kappa shape index (κ2) is 13.8. The molecule has 0 fully saturated rings. The van der Waals surface area contributed by atoms with E-state index in [9.17, 15) is 29.8 Å². The average molecular weight is 679 g/mol. The molecule has 1 atom stereocenters. The van der Waals surface area contributed by atoms with Gasteiger partial charge in [0.1, 0.15) is 11.5 Å². The van der Waals surface area contributed by atoms with Crippen molar-refractivity contribution in [1.29, 1.82) is 0 Å². The zero-order chi connectivity index (χ0) is 34.7. The number of nitro benzene ring substituents is 2. The predicted octanol–water partition coefficient (Wildman–Crippen LogP) is 5.55. The minimum absolute atomic E-state index is 0.117. The van der Waals surface area contributed by atoms with Gasteiger partial charge in [0.05, 0.1) is 51.5 Å². The van der Waals surface area contributed by atoms with Crippen LogP contribution in [-0.4, -0.2) is 34.1 Å². The largest absolute Gasteiger partial charge is 0.497 e. The number of esters is 1. The van der Waals surface area contributed by atoms with Crippen molar-refractivity contribution in [2.75, 3.05) is 13.7 Å². The van der Waals surface area contributed by atoms with Gasteiger partial charge < -0.3 is 14.2 Å². The zero-order valence-corrected chi connectivity index (χ0v) is 26.8. The Morgan fingerprint density at radius 3 is 2.37 bits per heavy atom. The number of fused-ring (bicyclic) bond motifs is 1. The second-order valence-corrected chi connectivity index (χ2v) is 11.6. The number of methoxy groups -OCH3 is 1. The Morgan fingerprint density at radius 1 is 0.939 bits per heavy atom. The van der Waals surface area contributed by atoms with Gasteiger partial charge in [-0.25, -0.2) is 9.79 Å². The molecule has 0 bridgehead atoms. The molecule has 0 saturated heterocycles. The van der Waals surface area contributed by atoms with Crippen molar-refractivity contribution in [2.24, 2.45) is 4.99 Å². The Balaban J connectivity index is 1.49. The number of aromatic nitrogens is 1. The normalized spacial score (nSPS) is 14.1. The molecule has 6 rings (SSSR count). The number of hydrogen-bond acceptors (Lipinski definition) is 11. The Hall–Kier alpha value is -6.41. The molecule has 14 heteroatoms. The van der Waals surface area contributed by atoms with Gasteiger partial charge in [-0.3, -0.25) is 29.6 Å². The molecule has 0 unspecified atom stereocenters. The molecule has 0 aliphatic carbocycles. The van der Waals surface area contributed by atoms with Crippen molar-refractivity contribution in [3.63, 3.8) is 0 Å². The molecular weight excluding hydrogens is 652 g/mol. The van der Waals surface area contributed by atoms with Crippen LogP contribution in [0.2, 0.25) is 0 Å². The maximum atomic E-state index is 14.2. The first-order valence-corrected chi connectivity index (χ1v) is 15.6. The van der Waals surface area contributed by atoms with E-state index in [0.29, 0.717) is 37.5 Å². The topological polar surface area (TPSA) is 165 Å². The summed E-state index contributed by atoms with van der Waals surface area (Å²) >= 11 is 1.13. The van der Waals surface area contributed by atoms with Crippen LogP contribution in [0.5, 0.6) is 17.2 Å². The van der Waals surface area contributed by atoms with E-state index in [1.807, 2.05) is 30.3 Å². The summed E-state index contributed by atoms with van der Waals surface area (Å²) in [4.78, 5) is 54.3. The quantitative estimate of drug-likeness (QED) is 0.105. The average Bonchev–Trinajstić information content (AvgIpc) is 3.42. The molecular formula is C35H26N4O9S. The fourth-order valence-electron chi connectivity index (χ4n) is 5.34. The van der Waals surface area contributed by atoms with Crippen molar-refractivity contribution in [1.82, 2.24) is 4.57 Å². The van der Waals surface area contributed by atoms with Crippen LogP contribution in [0, 0.1) is 20.2 Å². The van der Waals surface area contributed by atoms with E-state index in [0.717, 1.165) is 29.5 Å². The summed E-state index contributed by atoms with van der Waals surface area (Å²) < 4.78 is 18.4. The lowest BCUT2D eigenvalue weighted by Gasteiger charge is -2.26. The first-order chi connectivity index (χ1) is 23.7. The van der Waals surface area contributed by atoms with Gasteiger partial charge in [0.15, 0.2) is 4.80 Å². The second-order valence-electron chi connectivity index (χ2n) is 10.5. The lowest BCUT2D eigenvalue weighted by molar-refractivity contribution is -0.394. The Labute approximate surface area is 281 Å². The smallest absolute Gasteiger partial charge is 0.338 e. The van der Waals surface area contributed by atoms with E-state index < -0.39 is 38.8 Å². The van der Waals surface area contributed by atoms with E-state index >= 15 is 0 Å². The van der Waals surface area contributed by atoms with Gasteiger partial charge in [-0.05, 0) is 54.5 Å². The van der Waals surface area contributed by atoms with Gasteiger partial charge in [0, 0.05) is 11.6 Å². The number of hydrogen-bond donors (Lipinski definition) is 0. The first-order valence-electron chi connectivity index (χ1n) is 14.8. The van der Waals surface area contributed by atoms with Gasteiger partial charge in [-0.15, -0.1) is 0 Å². The molecule has 4 aromatic carbocycles. The fourth-order valence-corrected chi connectivity index (χ4v) is 6.34. The van der Waals surface area contributed by atoms with Crippen molar-refractivity contribution in [2.45, 2.75) is 13.0 Å². The van der Waals surface area contributed by atoms with Crippen LogP contribution in [0.3, 0.4) is 0 Å². The van der Waals surface area contributed by atoms with Crippen LogP contribution >= 0.6 is 11.3 Å². The highest BCUT2D eigenvalue weighted by Crippen LogP contribution is 2.36. The summed E-state index contributed by atoms with van der Waals surface area (Å²) in [5.74, 6) is 0.00440. The number of rotatable bonds is 10. The molecule has 5 aromatic rings. The summed E-state index contributed by atoms with van der Waals surface area (Å²) in [6.45, 7) is 1.82. The molecule has 0 spiro atoms. The minimum Gasteiger partial charge on any atom is -0.497 e. The van der Waals surface area contributed by atoms with Gasteiger partial charge in [0.2, 0.25) is 5.75 Å². The lowest BCUT2D eigenvalue weighted by atomic mass is 9.93. The summed E-state index contributed by atoms with van der Waals surface area (Å²) in [5.41, 5.74) is 1.00. The Bertz CT molecular complexity index is 2310. The van der Waals surface area contributed by atoms with Crippen LogP contribution in [-0.2, 0) is 9.53 Å². The Morgan fingerprint density at radius 2 is 1.69 bits per heavy atom. The zero-order valence-electron chi connectivity index (χ0n) is 26.0. The Kier molecular flexibility index (Phi) is 9.13. The molecule has 1 aromatic heterocycles. The summed E-state index contributed by atoms with van der Waals surface area (Å²) in [5, 5.41) is 22.8. The predicted molar refractivity (Wildman–Crippen MR) is 180 cm³/mol. The van der Waals surface area contributed by atoms with Gasteiger partial charge in [-0.1, -0.05) is 65.9 Å². The van der Waals surface area contributed by atoms with Gasteiger partial charge in [-0.2, -0.15) is 0 Å². The monoisotopic (exact) mass is 678 g/mol. The highest BCUT2D eigenvalue weighted by Gasteiger charge is 2.35. The number of non-ortho nitro benzene ring substituents is 1. The van der Waals surface area contributed by atoms with Crippen LogP contribution < -0.4 is 24.4 Å². The number of carbonyl (C=O) groups excluding carboxylic acids is 1. The lowest BCUT2D eigenvalue weighted by Crippen LogP contribution is -2.40. The maximum absolute atomic E-state index is 14.2. The highest BCUT2D eigenvalue weighted by molar-refractivity contribution is 7.07. The van der Waals surface area contributed by atoms with Crippen molar-refractivity contribution >= 4 is 40.5 Å². The number of benzene rings is 4. The number of carbonyl (C=O) groups is 1. The van der Waals surface area contributed by atoms with E-state index in [4.69, 9.17) is 19.2 Å². The maximum Gasteiger partial charge on any atom is 0.338 e.